The summed E-state index contributed by atoms with van der Waals surface area (Å²) in [7, 11) is -6.66. The van der Waals surface area contributed by atoms with E-state index < -0.39 is 25.6 Å². The van der Waals surface area contributed by atoms with Crippen molar-refractivity contribution >= 4 is 42.8 Å². The Labute approximate surface area is 182 Å². The lowest BCUT2D eigenvalue weighted by molar-refractivity contribution is 0.595. The second-order valence-electron chi connectivity index (χ2n) is 7.13. The van der Waals surface area contributed by atoms with Gasteiger partial charge in [0.15, 0.2) is 24.8 Å². The van der Waals surface area contributed by atoms with Gasteiger partial charge in [-0.25, -0.2) is 16.8 Å². The Kier molecular flexibility index (Phi) is 6.89. The van der Waals surface area contributed by atoms with Gasteiger partial charge in [0, 0.05) is 11.6 Å². The SMILES string of the molecule is Cc1ccc(C(=NCS(=O)(=O)c2ccccc2)NC(=S)NC2CCS(=O)(=O)C2)cc1. The molecule has 2 aromatic carbocycles. The molecular formula is C20H23N3O4S3. The van der Waals surface area contributed by atoms with Crippen LogP contribution in [0.25, 0.3) is 0 Å². The Morgan fingerprint density at radius 3 is 2.40 bits per heavy atom. The summed E-state index contributed by atoms with van der Waals surface area (Å²) < 4.78 is 48.5. The van der Waals surface area contributed by atoms with Crippen molar-refractivity contribution in [2.24, 2.45) is 4.99 Å². The van der Waals surface area contributed by atoms with E-state index in [1.54, 1.807) is 18.2 Å². The quantitative estimate of drug-likeness (QED) is 0.394. The molecule has 10 heteroatoms. The summed E-state index contributed by atoms with van der Waals surface area (Å²) in [4.78, 5) is 4.48. The molecule has 2 aromatic rings. The third-order valence-corrected chi connectivity index (χ3v) is 8.07. The van der Waals surface area contributed by atoms with E-state index in [0.29, 0.717) is 17.8 Å². The van der Waals surface area contributed by atoms with Crippen LogP contribution in [0.2, 0.25) is 0 Å². The number of amidine groups is 1. The molecule has 0 radical (unpaired) electrons. The van der Waals surface area contributed by atoms with Crippen molar-refractivity contribution in [1.82, 2.24) is 10.6 Å². The highest BCUT2D eigenvalue weighted by molar-refractivity contribution is 7.91. The van der Waals surface area contributed by atoms with E-state index in [-0.39, 0.29) is 27.6 Å². The fourth-order valence-electron chi connectivity index (χ4n) is 3.00. The summed E-state index contributed by atoms with van der Waals surface area (Å²) in [5.74, 6) is -0.00327. The van der Waals surface area contributed by atoms with Gasteiger partial charge in [-0.15, -0.1) is 0 Å². The van der Waals surface area contributed by atoms with Crippen LogP contribution in [0.15, 0.2) is 64.5 Å². The maximum atomic E-state index is 12.6. The normalized spacial score (nSPS) is 18.7. The predicted molar refractivity (Wildman–Crippen MR) is 122 cm³/mol. The van der Waals surface area contributed by atoms with Crippen molar-refractivity contribution in [3.05, 3.63) is 65.7 Å². The molecule has 160 valence electrons. The third kappa shape index (κ3) is 6.10. The Morgan fingerprint density at radius 2 is 1.80 bits per heavy atom. The minimum atomic E-state index is -3.62. The molecule has 1 heterocycles. The van der Waals surface area contributed by atoms with Crippen LogP contribution < -0.4 is 10.6 Å². The van der Waals surface area contributed by atoms with E-state index in [1.165, 1.54) is 12.1 Å². The Bertz CT molecular complexity index is 1140. The summed E-state index contributed by atoms with van der Waals surface area (Å²) in [5.41, 5.74) is 1.72. The molecule has 0 bridgehead atoms. The lowest BCUT2D eigenvalue weighted by Gasteiger charge is -2.16. The zero-order chi connectivity index (χ0) is 21.8. The lowest BCUT2D eigenvalue weighted by Crippen LogP contribution is -2.45. The topological polar surface area (TPSA) is 105 Å². The number of benzene rings is 2. The van der Waals surface area contributed by atoms with Crippen molar-refractivity contribution in [2.75, 3.05) is 17.4 Å². The van der Waals surface area contributed by atoms with Crippen LogP contribution in [0.1, 0.15) is 17.5 Å². The number of nitrogens with one attached hydrogen (secondary N) is 2. The molecule has 0 spiro atoms. The first-order chi connectivity index (χ1) is 14.1. The van der Waals surface area contributed by atoms with E-state index in [0.717, 1.165) is 5.56 Å². The number of aryl methyl sites for hydroxylation is 1. The van der Waals surface area contributed by atoms with Gasteiger partial charge in [-0.2, -0.15) is 0 Å². The van der Waals surface area contributed by atoms with Crippen LogP contribution in [0, 0.1) is 6.92 Å². The van der Waals surface area contributed by atoms with Crippen molar-refractivity contribution in [1.29, 1.82) is 0 Å². The van der Waals surface area contributed by atoms with Crippen molar-refractivity contribution in [2.45, 2.75) is 24.3 Å². The molecule has 0 saturated carbocycles. The van der Waals surface area contributed by atoms with Gasteiger partial charge in [0.2, 0.25) is 0 Å². The molecular weight excluding hydrogens is 442 g/mol. The van der Waals surface area contributed by atoms with Gasteiger partial charge in [0.25, 0.3) is 0 Å². The van der Waals surface area contributed by atoms with Crippen LogP contribution in [0.5, 0.6) is 0 Å². The minimum absolute atomic E-state index is 0.0220. The molecule has 7 nitrogen and oxygen atoms in total. The number of thiocarbonyl (C=S) groups is 1. The van der Waals surface area contributed by atoms with E-state index >= 15 is 0 Å². The molecule has 1 unspecified atom stereocenters. The number of aliphatic imine (C=N–C) groups is 1. The number of hydrogen-bond donors (Lipinski definition) is 2. The number of sulfone groups is 2. The summed E-state index contributed by atoms with van der Waals surface area (Å²) in [6, 6.07) is 15.2. The Balaban J connectivity index is 1.79. The van der Waals surface area contributed by atoms with Gasteiger partial charge in [-0.05, 0) is 37.7 Å². The predicted octanol–water partition coefficient (Wildman–Crippen LogP) is 1.82. The molecule has 0 amide bonds. The number of hydrogen-bond acceptors (Lipinski definition) is 6. The molecule has 1 aliphatic rings. The maximum Gasteiger partial charge on any atom is 0.198 e. The molecule has 2 N–H and O–H groups in total. The number of nitrogens with zero attached hydrogens (tertiary/aromatic N) is 1. The monoisotopic (exact) mass is 465 g/mol. The van der Waals surface area contributed by atoms with Gasteiger partial charge in [-0.1, -0.05) is 48.0 Å². The highest BCUT2D eigenvalue weighted by Gasteiger charge is 2.28. The average Bonchev–Trinajstić information content (AvgIpc) is 3.04. The van der Waals surface area contributed by atoms with Crippen molar-refractivity contribution in [3.8, 4) is 0 Å². The highest BCUT2D eigenvalue weighted by Crippen LogP contribution is 2.13. The van der Waals surface area contributed by atoms with Crippen LogP contribution >= 0.6 is 12.2 Å². The summed E-state index contributed by atoms with van der Waals surface area (Å²) >= 11 is 5.32. The van der Waals surface area contributed by atoms with Crippen LogP contribution in [-0.2, 0) is 19.7 Å². The van der Waals surface area contributed by atoms with E-state index in [4.69, 9.17) is 12.2 Å². The molecule has 0 aliphatic carbocycles. The summed E-state index contributed by atoms with van der Waals surface area (Å²) in [5, 5.41) is 6.13. The average molecular weight is 466 g/mol. The first-order valence-corrected chi connectivity index (χ1v) is 13.2. The summed E-state index contributed by atoms with van der Waals surface area (Å²) in [6.45, 7) is 1.95. The molecule has 1 fully saturated rings. The Hall–Kier alpha value is -2.30. The fourth-order valence-corrected chi connectivity index (χ4v) is 5.96. The highest BCUT2D eigenvalue weighted by atomic mass is 32.2. The van der Waals surface area contributed by atoms with E-state index in [9.17, 15) is 16.8 Å². The van der Waals surface area contributed by atoms with Crippen molar-refractivity contribution in [3.63, 3.8) is 0 Å². The lowest BCUT2D eigenvalue weighted by atomic mass is 10.1. The number of rotatable bonds is 5. The van der Waals surface area contributed by atoms with Gasteiger partial charge in [-0.3, -0.25) is 4.99 Å². The van der Waals surface area contributed by atoms with Gasteiger partial charge < -0.3 is 10.6 Å². The van der Waals surface area contributed by atoms with E-state index in [2.05, 4.69) is 15.6 Å². The van der Waals surface area contributed by atoms with Crippen LogP contribution in [-0.4, -0.2) is 51.2 Å². The largest absolute Gasteiger partial charge is 0.359 e. The molecule has 1 saturated heterocycles. The molecule has 1 aliphatic heterocycles. The second-order valence-corrected chi connectivity index (χ2v) is 11.7. The Morgan fingerprint density at radius 1 is 1.13 bits per heavy atom. The first-order valence-electron chi connectivity index (χ1n) is 9.32. The standard InChI is InChI=1S/C20H23N3O4S3/c1-15-7-9-16(10-8-15)19(21-14-30(26,27)18-5-3-2-4-6-18)23-20(28)22-17-11-12-29(24,25)13-17/h2-10,17H,11-14H2,1H3,(H2,21,22,23,28). The van der Waals surface area contributed by atoms with Crippen LogP contribution in [0.4, 0.5) is 0 Å². The van der Waals surface area contributed by atoms with E-state index in [1.807, 2.05) is 31.2 Å². The van der Waals surface area contributed by atoms with Crippen molar-refractivity contribution < 1.29 is 16.8 Å². The first kappa shape index (κ1) is 22.4. The zero-order valence-electron chi connectivity index (χ0n) is 16.4. The molecule has 30 heavy (non-hydrogen) atoms. The summed E-state index contributed by atoms with van der Waals surface area (Å²) in [6.07, 6.45) is 0.476. The van der Waals surface area contributed by atoms with Gasteiger partial charge in [0.05, 0.1) is 16.4 Å². The minimum Gasteiger partial charge on any atom is -0.359 e. The third-order valence-electron chi connectivity index (χ3n) is 4.62. The molecule has 3 rings (SSSR count). The molecule has 0 aromatic heterocycles. The molecule has 1 atom stereocenters. The fraction of sp³-hybridized carbons (Fsp3) is 0.300. The second kappa shape index (κ2) is 9.23. The van der Waals surface area contributed by atoms with Crippen LogP contribution in [0.3, 0.4) is 0 Å². The van der Waals surface area contributed by atoms with Gasteiger partial charge >= 0.3 is 0 Å². The van der Waals surface area contributed by atoms with Gasteiger partial charge in [0.1, 0.15) is 11.7 Å². The smallest absolute Gasteiger partial charge is 0.198 e. The zero-order valence-corrected chi connectivity index (χ0v) is 18.9. The maximum absolute atomic E-state index is 12.6.